The smallest absolute Gasteiger partial charge is 0.253 e. The molecule has 1 heterocycles. The van der Waals surface area contributed by atoms with Crippen LogP contribution in [-0.4, -0.2) is 25.0 Å². The normalized spacial score (nSPS) is 14.7. The third kappa shape index (κ3) is 4.11. The van der Waals surface area contributed by atoms with Gasteiger partial charge in [0.25, 0.3) is 5.91 Å². The lowest BCUT2D eigenvalue weighted by molar-refractivity contribution is -0.111. The summed E-state index contributed by atoms with van der Waals surface area (Å²) in [5.41, 5.74) is 2.73. The number of carbonyl (C=O) groups excluding carboxylic acids is 2. The molecule has 2 aromatic rings. The first-order valence-corrected chi connectivity index (χ1v) is 8.69. The zero-order chi connectivity index (χ0) is 19.4. The van der Waals surface area contributed by atoms with Crippen LogP contribution in [0.3, 0.4) is 0 Å². The average Bonchev–Trinajstić information content (AvgIpc) is 3.04. The topological polar surface area (TPSA) is 76.7 Å². The molecule has 27 heavy (non-hydrogen) atoms. The van der Waals surface area contributed by atoms with Gasteiger partial charge < -0.3 is 20.1 Å². The molecule has 0 radical (unpaired) electrons. The highest BCUT2D eigenvalue weighted by Crippen LogP contribution is 2.35. The SMILES string of the molecule is C=CC(=O)Nc1ccccc1C(=O)NCc1cc2c(cc1OC)CC(C)O2. The zero-order valence-corrected chi connectivity index (χ0v) is 15.4. The molecular formula is C21H22N2O4. The van der Waals surface area contributed by atoms with Crippen LogP contribution in [0.15, 0.2) is 49.1 Å². The number of benzene rings is 2. The Hall–Kier alpha value is -3.28. The summed E-state index contributed by atoms with van der Waals surface area (Å²) in [7, 11) is 1.60. The Labute approximate surface area is 158 Å². The van der Waals surface area contributed by atoms with Crippen molar-refractivity contribution < 1.29 is 19.1 Å². The van der Waals surface area contributed by atoms with Gasteiger partial charge in [0.1, 0.15) is 17.6 Å². The first-order valence-electron chi connectivity index (χ1n) is 8.69. The number of ether oxygens (including phenoxy) is 2. The molecule has 2 amide bonds. The summed E-state index contributed by atoms with van der Waals surface area (Å²) < 4.78 is 11.2. The summed E-state index contributed by atoms with van der Waals surface area (Å²) >= 11 is 0. The van der Waals surface area contributed by atoms with Crippen LogP contribution in [0.4, 0.5) is 5.69 Å². The second-order valence-electron chi connectivity index (χ2n) is 6.33. The van der Waals surface area contributed by atoms with Gasteiger partial charge >= 0.3 is 0 Å². The van der Waals surface area contributed by atoms with E-state index < -0.39 is 0 Å². The maximum atomic E-state index is 12.6. The van der Waals surface area contributed by atoms with E-state index in [-0.39, 0.29) is 24.5 Å². The van der Waals surface area contributed by atoms with E-state index in [9.17, 15) is 9.59 Å². The van der Waals surface area contributed by atoms with Crippen molar-refractivity contribution >= 4 is 17.5 Å². The molecule has 0 bridgehead atoms. The highest BCUT2D eigenvalue weighted by molar-refractivity contribution is 6.06. The minimum atomic E-state index is -0.373. The van der Waals surface area contributed by atoms with Crippen molar-refractivity contribution in [2.24, 2.45) is 0 Å². The van der Waals surface area contributed by atoms with Gasteiger partial charge in [0.2, 0.25) is 5.91 Å². The minimum Gasteiger partial charge on any atom is -0.496 e. The van der Waals surface area contributed by atoms with Gasteiger partial charge in [-0.3, -0.25) is 9.59 Å². The van der Waals surface area contributed by atoms with Gasteiger partial charge in [0, 0.05) is 24.1 Å². The molecule has 0 aliphatic carbocycles. The van der Waals surface area contributed by atoms with Gasteiger partial charge in [-0.2, -0.15) is 0 Å². The fourth-order valence-corrected chi connectivity index (χ4v) is 3.05. The van der Waals surface area contributed by atoms with E-state index in [4.69, 9.17) is 9.47 Å². The number of nitrogens with one attached hydrogen (secondary N) is 2. The monoisotopic (exact) mass is 366 g/mol. The Morgan fingerprint density at radius 2 is 2.11 bits per heavy atom. The van der Waals surface area contributed by atoms with Crippen molar-refractivity contribution in [3.05, 3.63) is 65.7 Å². The minimum absolute atomic E-state index is 0.134. The Kier molecular flexibility index (Phi) is 5.45. The number of amides is 2. The third-order valence-electron chi connectivity index (χ3n) is 4.35. The summed E-state index contributed by atoms with van der Waals surface area (Å²) in [6.45, 7) is 5.71. The lowest BCUT2D eigenvalue weighted by atomic mass is 10.1. The second kappa shape index (κ2) is 7.95. The molecule has 1 aliphatic rings. The van der Waals surface area contributed by atoms with E-state index in [1.807, 2.05) is 19.1 Å². The number of para-hydroxylation sites is 1. The van der Waals surface area contributed by atoms with E-state index in [0.29, 0.717) is 17.0 Å². The molecule has 0 saturated heterocycles. The van der Waals surface area contributed by atoms with E-state index >= 15 is 0 Å². The van der Waals surface area contributed by atoms with Crippen molar-refractivity contribution in [1.29, 1.82) is 0 Å². The predicted octanol–water partition coefficient (Wildman–Crippen LogP) is 3.07. The summed E-state index contributed by atoms with van der Waals surface area (Å²) in [5.74, 6) is 0.861. The molecule has 1 unspecified atom stereocenters. The number of hydrogen-bond acceptors (Lipinski definition) is 4. The average molecular weight is 366 g/mol. The molecule has 1 atom stereocenters. The lowest BCUT2D eigenvalue weighted by Crippen LogP contribution is -2.24. The van der Waals surface area contributed by atoms with Crippen LogP contribution < -0.4 is 20.1 Å². The molecule has 0 spiro atoms. The fraction of sp³-hybridized carbons (Fsp3) is 0.238. The lowest BCUT2D eigenvalue weighted by Gasteiger charge is -2.13. The molecule has 3 rings (SSSR count). The molecule has 140 valence electrons. The number of anilines is 1. The van der Waals surface area contributed by atoms with Gasteiger partial charge in [-0.25, -0.2) is 0 Å². The number of methoxy groups -OCH3 is 1. The summed E-state index contributed by atoms with van der Waals surface area (Å²) in [6, 6.07) is 10.7. The van der Waals surface area contributed by atoms with E-state index in [1.165, 1.54) is 0 Å². The van der Waals surface area contributed by atoms with Crippen molar-refractivity contribution in [2.75, 3.05) is 12.4 Å². The van der Waals surface area contributed by atoms with Gasteiger partial charge in [0.15, 0.2) is 0 Å². The van der Waals surface area contributed by atoms with Gasteiger partial charge in [-0.1, -0.05) is 18.7 Å². The van der Waals surface area contributed by atoms with Crippen LogP contribution in [-0.2, 0) is 17.8 Å². The van der Waals surface area contributed by atoms with Gasteiger partial charge in [-0.05, 0) is 37.3 Å². The summed E-state index contributed by atoms with van der Waals surface area (Å²) in [6.07, 6.45) is 2.13. The highest BCUT2D eigenvalue weighted by Gasteiger charge is 2.22. The molecule has 2 aromatic carbocycles. The quantitative estimate of drug-likeness (QED) is 0.771. The van der Waals surface area contributed by atoms with Crippen LogP contribution >= 0.6 is 0 Å². The number of fused-ring (bicyclic) bond motifs is 1. The second-order valence-corrected chi connectivity index (χ2v) is 6.33. The van der Waals surface area contributed by atoms with Crippen LogP contribution in [0, 0.1) is 0 Å². The largest absolute Gasteiger partial charge is 0.496 e. The molecule has 2 N–H and O–H groups in total. The molecule has 0 aromatic heterocycles. The zero-order valence-electron chi connectivity index (χ0n) is 15.4. The summed E-state index contributed by atoms with van der Waals surface area (Å²) in [4.78, 5) is 24.2. The van der Waals surface area contributed by atoms with Crippen molar-refractivity contribution in [3.8, 4) is 11.5 Å². The highest BCUT2D eigenvalue weighted by atomic mass is 16.5. The van der Waals surface area contributed by atoms with Crippen molar-refractivity contribution in [2.45, 2.75) is 26.0 Å². The van der Waals surface area contributed by atoms with Crippen LogP contribution in [0.1, 0.15) is 28.4 Å². The predicted molar refractivity (Wildman–Crippen MR) is 103 cm³/mol. The first kappa shape index (κ1) is 18.5. The Balaban J connectivity index is 1.76. The van der Waals surface area contributed by atoms with Crippen molar-refractivity contribution in [3.63, 3.8) is 0 Å². The molecule has 0 fully saturated rings. The number of hydrogen-bond donors (Lipinski definition) is 2. The third-order valence-corrected chi connectivity index (χ3v) is 4.35. The molecule has 0 saturated carbocycles. The van der Waals surface area contributed by atoms with E-state index in [2.05, 4.69) is 17.2 Å². The summed E-state index contributed by atoms with van der Waals surface area (Å²) in [5, 5.41) is 5.51. The standard InChI is InChI=1S/C21H22N2O4/c1-4-20(24)23-17-8-6-5-7-16(17)21(25)22-12-15-11-19-14(9-13(2)27-19)10-18(15)26-3/h4-8,10-11,13H,1,9,12H2,2-3H3,(H,22,25)(H,23,24). The first-order chi connectivity index (χ1) is 13.0. The van der Waals surface area contributed by atoms with E-state index in [0.717, 1.165) is 29.4 Å². The molecular weight excluding hydrogens is 344 g/mol. The van der Waals surface area contributed by atoms with Crippen molar-refractivity contribution in [1.82, 2.24) is 5.32 Å². The fourth-order valence-electron chi connectivity index (χ4n) is 3.05. The Morgan fingerprint density at radius 3 is 2.85 bits per heavy atom. The molecule has 1 aliphatic heterocycles. The maximum Gasteiger partial charge on any atom is 0.253 e. The Bertz CT molecular complexity index is 892. The Morgan fingerprint density at radius 1 is 1.33 bits per heavy atom. The molecule has 6 nitrogen and oxygen atoms in total. The van der Waals surface area contributed by atoms with Crippen LogP contribution in [0.5, 0.6) is 11.5 Å². The number of carbonyl (C=O) groups is 2. The van der Waals surface area contributed by atoms with Gasteiger partial charge in [0.05, 0.1) is 18.4 Å². The van der Waals surface area contributed by atoms with Gasteiger partial charge in [-0.15, -0.1) is 0 Å². The van der Waals surface area contributed by atoms with E-state index in [1.54, 1.807) is 31.4 Å². The van der Waals surface area contributed by atoms with Crippen LogP contribution in [0.2, 0.25) is 0 Å². The van der Waals surface area contributed by atoms with Crippen LogP contribution in [0.25, 0.3) is 0 Å². The maximum absolute atomic E-state index is 12.6. The molecule has 6 heteroatoms. The number of rotatable bonds is 6.